The van der Waals surface area contributed by atoms with Gasteiger partial charge in [0.25, 0.3) is 0 Å². The zero-order valence-electron chi connectivity index (χ0n) is 19.9. The van der Waals surface area contributed by atoms with E-state index in [1.165, 1.54) is 18.4 Å². The van der Waals surface area contributed by atoms with Gasteiger partial charge in [-0.2, -0.15) is 0 Å². The second-order valence-corrected chi connectivity index (χ2v) is 11.4. The van der Waals surface area contributed by atoms with Crippen molar-refractivity contribution in [1.29, 1.82) is 0 Å². The van der Waals surface area contributed by atoms with Gasteiger partial charge < -0.3 is 9.84 Å². The van der Waals surface area contributed by atoms with Crippen LogP contribution in [0.4, 0.5) is 0 Å². The molecule has 0 aromatic rings. The van der Waals surface area contributed by atoms with Crippen LogP contribution in [0.3, 0.4) is 0 Å². The Morgan fingerprint density at radius 3 is 2.58 bits per heavy atom. The number of carboxylic acids is 1. The van der Waals surface area contributed by atoms with Crippen molar-refractivity contribution in [2.45, 2.75) is 98.3 Å². The predicted molar refractivity (Wildman–Crippen MR) is 129 cm³/mol. The lowest BCUT2D eigenvalue weighted by molar-refractivity contribution is -0.137. The Bertz CT molecular complexity index is 785. The first kappa shape index (κ1) is 26.1. The van der Waals surface area contributed by atoms with Gasteiger partial charge in [-0.05, 0) is 92.4 Å². The van der Waals surface area contributed by atoms with E-state index in [4.69, 9.17) is 9.84 Å². The number of carbonyl (C=O) groups excluding carboxylic acids is 2. The molecule has 0 aromatic carbocycles. The van der Waals surface area contributed by atoms with Crippen LogP contribution >= 0.6 is 0 Å². The third kappa shape index (κ3) is 4.99. The Kier molecular flexibility index (Phi) is 8.24. The molecule has 3 saturated carbocycles. The minimum Gasteiger partial charge on any atom is -0.481 e. The number of carbonyl (C=O) groups is 3. The zero-order valence-corrected chi connectivity index (χ0v) is 19.9. The predicted octanol–water partition coefficient (Wildman–Crippen LogP) is 6.00. The van der Waals surface area contributed by atoms with E-state index in [1.54, 1.807) is 0 Å². The fourth-order valence-corrected chi connectivity index (χ4v) is 8.02. The molecular weight excluding hydrogens is 416 g/mol. The molecule has 4 aliphatic rings. The number of unbranched alkanes of at least 4 members (excludes halogenated alkanes) is 2. The van der Waals surface area contributed by atoms with Crippen LogP contribution in [0, 0.1) is 34.5 Å². The van der Waals surface area contributed by atoms with Crippen molar-refractivity contribution in [3.05, 3.63) is 11.6 Å². The third-order valence-corrected chi connectivity index (χ3v) is 9.77. The van der Waals surface area contributed by atoms with Crippen LogP contribution in [0.15, 0.2) is 11.6 Å². The van der Waals surface area contributed by atoms with Gasteiger partial charge in [-0.1, -0.05) is 33.3 Å². The second-order valence-electron chi connectivity index (χ2n) is 11.4. The van der Waals surface area contributed by atoms with E-state index < -0.39 is 5.97 Å². The molecule has 5 nitrogen and oxygen atoms in total. The van der Waals surface area contributed by atoms with E-state index in [0.717, 1.165) is 44.9 Å². The van der Waals surface area contributed by atoms with E-state index in [9.17, 15) is 14.4 Å². The summed E-state index contributed by atoms with van der Waals surface area (Å²) in [5.41, 5.74) is 1.68. The van der Waals surface area contributed by atoms with Crippen molar-refractivity contribution in [1.82, 2.24) is 0 Å². The van der Waals surface area contributed by atoms with Gasteiger partial charge in [0, 0.05) is 25.4 Å². The number of rotatable bonds is 9. The molecule has 4 aliphatic carbocycles. The summed E-state index contributed by atoms with van der Waals surface area (Å²) >= 11 is 0. The van der Waals surface area contributed by atoms with Gasteiger partial charge in [-0.3, -0.25) is 14.4 Å². The molecule has 0 bridgehead atoms. The Hall–Kier alpha value is -1.49. The summed E-state index contributed by atoms with van der Waals surface area (Å²) in [4.78, 5) is 35.7. The number of allylic oxidation sites excluding steroid dienone is 1. The molecule has 0 heterocycles. The first-order valence-corrected chi connectivity index (χ1v) is 12.8. The molecule has 4 rings (SSSR count). The van der Waals surface area contributed by atoms with E-state index in [0.29, 0.717) is 43.0 Å². The maximum Gasteiger partial charge on any atom is 0.303 e. The van der Waals surface area contributed by atoms with Crippen molar-refractivity contribution in [2.75, 3.05) is 13.2 Å². The average Bonchev–Trinajstić information content (AvgIpc) is 3.10. The molecule has 6 unspecified atom stereocenters. The highest BCUT2D eigenvalue weighted by atomic mass is 16.5. The number of Topliss-reactive ketones (excluding diaryl/α,β-unsaturated/α-hetero) is 1. The molecule has 0 radical (unpaired) electrons. The summed E-state index contributed by atoms with van der Waals surface area (Å²) < 4.78 is 5.71. The van der Waals surface area contributed by atoms with Crippen LogP contribution in [0.1, 0.15) is 98.3 Å². The molecule has 33 heavy (non-hydrogen) atoms. The number of hydrogen-bond acceptors (Lipinski definition) is 4. The van der Waals surface area contributed by atoms with E-state index >= 15 is 0 Å². The summed E-state index contributed by atoms with van der Waals surface area (Å²) in [6.45, 7) is 5.52. The lowest BCUT2D eigenvalue weighted by atomic mass is 9.46. The van der Waals surface area contributed by atoms with Gasteiger partial charge in [-0.25, -0.2) is 0 Å². The maximum absolute atomic E-state index is 13.1. The SMILES string of the molecule is C.CC12CCC(=O)C=C1CCC1C2CCC2(C)C(C(=O)COCCCCCC(=O)O)CCC12. The Morgan fingerprint density at radius 1 is 1.03 bits per heavy atom. The van der Waals surface area contributed by atoms with E-state index in [-0.39, 0.29) is 43.0 Å². The smallest absolute Gasteiger partial charge is 0.303 e. The van der Waals surface area contributed by atoms with Crippen LogP contribution in [-0.4, -0.2) is 35.9 Å². The minimum absolute atomic E-state index is 0. The standard InChI is InChI=1S/C27H40O5.CH4/c1-26-13-11-19(28)16-18(26)7-8-20-21-9-10-23(27(21,2)14-12-22(20)26)24(29)17-32-15-5-3-4-6-25(30)31;/h16,20-23H,3-15,17H2,1-2H3,(H,30,31);1H4. The molecule has 0 spiro atoms. The normalized spacial score (nSPS) is 37.3. The highest BCUT2D eigenvalue weighted by Gasteiger charge is 2.59. The molecule has 0 saturated heterocycles. The molecule has 0 aliphatic heterocycles. The van der Waals surface area contributed by atoms with Gasteiger partial charge in [0.1, 0.15) is 6.61 Å². The van der Waals surface area contributed by atoms with Crippen molar-refractivity contribution in [3.8, 4) is 0 Å². The fourth-order valence-electron chi connectivity index (χ4n) is 8.02. The number of fused-ring (bicyclic) bond motifs is 5. The van der Waals surface area contributed by atoms with Gasteiger partial charge >= 0.3 is 5.97 Å². The fraction of sp³-hybridized carbons (Fsp3) is 0.821. The van der Waals surface area contributed by atoms with Gasteiger partial charge in [0.15, 0.2) is 11.6 Å². The summed E-state index contributed by atoms with van der Waals surface area (Å²) in [6.07, 6.45) is 12.8. The third-order valence-electron chi connectivity index (χ3n) is 9.77. The van der Waals surface area contributed by atoms with Crippen molar-refractivity contribution in [2.24, 2.45) is 34.5 Å². The monoisotopic (exact) mass is 460 g/mol. The minimum atomic E-state index is -0.754. The lowest BCUT2D eigenvalue weighted by Gasteiger charge is -2.58. The van der Waals surface area contributed by atoms with Crippen LogP contribution in [0.2, 0.25) is 0 Å². The average molecular weight is 461 g/mol. The summed E-state index contributed by atoms with van der Waals surface area (Å²) in [7, 11) is 0. The van der Waals surface area contributed by atoms with Crippen molar-refractivity contribution >= 4 is 17.5 Å². The molecule has 1 N–H and O–H groups in total. The van der Waals surface area contributed by atoms with Gasteiger partial charge in [-0.15, -0.1) is 0 Å². The molecule has 186 valence electrons. The van der Waals surface area contributed by atoms with Crippen LogP contribution in [-0.2, 0) is 19.1 Å². The zero-order chi connectivity index (χ0) is 22.9. The molecule has 3 fully saturated rings. The molecule has 5 heteroatoms. The van der Waals surface area contributed by atoms with Gasteiger partial charge in [0.05, 0.1) is 0 Å². The van der Waals surface area contributed by atoms with Gasteiger partial charge in [0.2, 0.25) is 0 Å². The first-order valence-electron chi connectivity index (χ1n) is 12.8. The quantitative estimate of drug-likeness (QED) is 0.427. The van der Waals surface area contributed by atoms with Crippen LogP contribution in [0.5, 0.6) is 0 Å². The van der Waals surface area contributed by atoms with E-state index in [2.05, 4.69) is 13.8 Å². The highest BCUT2D eigenvalue weighted by Crippen LogP contribution is 2.66. The van der Waals surface area contributed by atoms with Crippen LogP contribution in [0.25, 0.3) is 0 Å². The topological polar surface area (TPSA) is 80.7 Å². The van der Waals surface area contributed by atoms with E-state index in [1.807, 2.05) is 6.08 Å². The molecular formula is C28H44O5. The lowest BCUT2D eigenvalue weighted by Crippen LogP contribution is -2.51. The number of hydrogen-bond donors (Lipinski definition) is 1. The second kappa shape index (κ2) is 10.4. The largest absolute Gasteiger partial charge is 0.481 e. The first-order chi connectivity index (χ1) is 15.3. The Labute approximate surface area is 199 Å². The Morgan fingerprint density at radius 2 is 1.82 bits per heavy atom. The summed E-state index contributed by atoms with van der Waals surface area (Å²) in [6, 6.07) is 0. The number of ether oxygens (including phenoxy) is 1. The summed E-state index contributed by atoms with van der Waals surface area (Å²) in [5.74, 6) is 1.88. The number of carboxylic acid groups (broad SMARTS) is 1. The number of ketones is 2. The van der Waals surface area contributed by atoms with Crippen molar-refractivity contribution < 1.29 is 24.2 Å². The molecule has 0 amide bonds. The molecule has 6 atom stereocenters. The highest BCUT2D eigenvalue weighted by molar-refractivity contribution is 5.91. The Balaban J connectivity index is 0.00000306. The van der Waals surface area contributed by atoms with Crippen molar-refractivity contribution in [3.63, 3.8) is 0 Å². The summed E-state index contributed by atoms with van der Waals surface area (Å²) in [5, 5.41) is 8.69. The number of aliphatic carboxylic acids is 1. The molecule has 0 aromatic heterocycles. The van der Waals surface area contributed by atoms with Crippen LogP contribution < -0.4 is 0 Å². The maximum atomic E-state index is 13.1.